The van der Waals surface area contributed by atoms with Gasteiger partial charge in [-0.05, 0) is 42.5 Å². The van der Waals surface area contributed by atoms with Crippen molar-refractivity contribution in [3.8, 4) is 34.3 Å². The first kappa shape index (κ1) is 23.7. The predicted octanol–water partition coefficient (Wildman–Crippen LogP) is 6.78. The van der Waals surface area contributed by atoms with Crippen LogP contribution in [0.4, 0.5) is 0 Å². The molecule has 0 aliphatic heterocycles. The summed E-state index contributed by atoms with van der Waals surface area (Å²) in [6.07, 6.45) is 10.7. The third-order valence-corrected chi connectivity index (χ3v) is 5.75. The fourth-order valence-corrected chi connectivity index (χ4v) is 3.80. The van der Waals surface area contributed by atoms with E-state index < -0.39 is 0 Å². The number of unbranched alkanes of at least 4 members (excludes halogenated alkanes) is 5. The molecule has 170 valence electrons. The molecule has 0 saturated heterocycles. The second kappa shape index (κ2) is 12.2. The lowest BCUT2D eigenvalue weighted by atomic mass is 10.00. The largest absolute Gasteiger partial charge is 0.507 e. The zero-order valence-corrected chi connectivity index (χ0v) is 19.6. The van der Waals surface area contributed by atoms with E-state index in [-0.39, 0.29) is 5.75 Å². The van der Waals surface area contributed by atoms with E-state index in [0.29, 0.717) is 29.6 Å². The van der Waals surface area contributed by atoms with Crippen molar-refractivity contribution in [3.63, 3.8) is 0 Å². The van der Waals surface area contributed by atoms with Crippen LogP contribution in [0.5, 0.6) is 11.5 Å². The third-order valence-electron chi connectivity index (χ3n) is 5.75. The van der Waals surface area contributed by atoms with Gasteiger partial charge in [0.05, 0.1) is 12.2 Å². The lowest BCUT2D eigenvalue weighted by molar-refractivity contribution is 0.303. The zero-order chi connectivity index (χ0) is 22.8. The van der Waals surface area contributed by atoms with Crippen molar-refractivity contribution in [2.75, 3.05) is 6.61 Å². The monoisotopic (exact) mass is 433 g/mol. The van der Waals surface area contributed by atoms with Crippen molar-refractivity contribution < 1.29 is 9.84 Å². The second-order valence-electron chi connectivity index (χ2n) is 8.13. The molecule has 1 aromatic heterocycles. The topological polar surface area (TPSA) is 68.1 Å². The molecule has 0 bridgehead atoms. The number of aryl methyl sites for hydroxylation is 2. The summed E-state index contributed by atoms with van der Waals surface area (Å²) in [5.41, 5.74) is 4.09. The van der Waals surface area contributed by atoms with Crippen molar-refractivity contribution >= 4 is 0 Å². The summed E-state index contributed by atoms with van der Waals surface area (Å²) in [4.78, 5) is 13.4. The number of benzene rings is 2. The molecule has 5 heteroatoms. The van der Waals surface area contributed by atoms with Gasteiger partial charge in [0.25, 0.3) is 0 Å². The molecular formula is C27H35N3O2. The maximum Gasteiger partial charge on any atom is 0.167 e. The molecule has 1 heterocycles. The number of rotatable bonds is 12. The Bertz CT molecular complexity index is 1000. The minimum atomic E-state index is 0.111. The Labute approximate surface area is 191 Å². The number of hydrogen-bond acceptors (Lipinski definition) is 5. The van der Waals surface area contributed by atoms with Gasteiger partial charge in [-0.2, -0.15) is 0 Å². The van der Waals surface area contributed by atoms with E-state index in [1.54, 1.807) is 6.07 Å². The molecule has 0 saturated carbocycles. The van der Waals surface area contributed by atoms with E-state index in [1.165, 1.54) is 49.6 Å². The molecule has 0 fully saturated rings. The molecule has 5 nitrogen and oxygen atoms in total. The zero-order valence-electron chi connectivity index (χ0n) is 19.6. The standard InChI is InChI=1S/C27H35N3O2/c1-4-7-8-9-10-11-16-32-22-13-15-24(25(31)18-22)27-29-19-28-26(30-27)23-14-12-20(5-2)17-21(23)6-3/h12-15,17-19,31H,4-11,16H2,1-3H3. The highest BCUT2D eigenvalue weighted by Crippen LogP contribution is 2.31. The number of ether oxygens (including phenoxy) is 1. The molecular weight excluding hydrogens is 398 g/mol. The highest BCUT2D eigenvalue weighted by Gasteiger charge is 2.13. The molecule has 0 amide bonds. The SMILES string of the molecule is CCCCCCCCOc1ccc(-c2ncnc(-c3ccc(CC)cc3CC)n2)c(O)c1. The molecule has 1 N–H and O–H groups in total. The van der Waals surface area contributed by atoms with E-state index in [1.807, 2.05) is 12.1 Å². The van der Waals surface area contributed by atoms with Crippen molar-refractivity contribution in [1.29, 1.82) is 0 Å². The van der Waals surface area contributed by atoms with Crippen molar-refractivity contribution in [1.82, 2.24) is 15.0 Å². The Balaban J connectivity index is 1.70. The van der Waals surface area contributed by atoms with Crippen molar-refractivity contribution in [3.05, 3.63) is 53.9 Å². The van der Waals surface area contributed by atoms with Crippen LogP contribution in [0.25, 0.3) is 22.8 Å². The highest BCUT2D eigenvalue weighted by molar-refractivity contribution is 5.68. The normalized spacial score (nSPS) is 11.0. The molecule has 0 radical (unpaired) electrons. The number of hydrogen-bond donors (Lipinski definition) is 1. The number of aromatic hydroxyl groups is 1. The summed E-state index contributed by atoms with van der Waals surface area (Å²) in [6, 6.07) is 11.7. The molecule has 0 aliphatic rings. The van der Waals surface area contributed by atoms with E-state index in [9.17, 15) is 5.11 Å². The van der Waals surface area contributed by atoms with Gasteiger partial charge in [-0.1, -0.05) is 71.1 Å². The maximum absolute atomic E-state index is 10.6. The molecule has 3 aromatic rings. The van der Waals surface area contributed by atoms with Crippen LogP contribution >= 0.6 is 0 Å². The Kier molecular flexibility index (Phi) is 9.02. The minimum absolute atomic E-state index is 0.111. The number of nitrogens with zero attached hydrogens (tertiary/aromatic N) is 3. The molecule has 2 aromatic carbocycles. The van der Waals surface area contributed by atoms with Crippen LogP contribution in [-0.2, 0) is 12.8 Å². The molecule has 3 rings (SSSR count). The van der Waals surface area contributed by atoms with Crippen molar-refractivity contribution in [2.45, 2.75) is 72.1 Å². The average Bonchev–Trinajstić information content (AvgIpc) is 2.83. The van der Waals surface area contributed by atoms with Crippen LogP contribution in [0.2, 0.25) is 0 Å². The van der Waals surface area contributed by atoms with Gasteiger partial charge in [0, 0.05) is 11.6 Å². The summed E-state index contributed by atoms with van der Waals surface area (Å²) < 4.78 is 5.82. The quantitative estimate of drug-likeness (QED) is 0.319. The minimum Gasteiger partial charge on any atom is -0.507 e. The smallest absolute Gasteiger partial charge is 0.167 e. The van der Waals surface area contributed by atoms with E-state index in [4.69, 9.17) is 4.74 Å². The summed E-state index contributed by atoms with van der Waals surface area (Å²) in [5.74, 6) is 1.85. The Morgan fingerprint density at radius 2 is 1.50 bits per heavy atom. The van der Waals surface area contributed by atoms with Gasteiger partial charge in [-0.3, -0.25) is 0 Å². The lowest BCUT2D eigenvalue weighted by Gasteiger charge is -2.11. The van der Waals surface area contributed by atoms with Gasteiger partial charge in [-0.15, -0.1) is 0 Å². The highest BCUT2D eigenvalue weighted by atomic mass is 16.5. The Morgan fingerprint density at radius 1 is 0.781 bits per heavy atom. The fourth-order valence-electron chi connectivity index (χ4n) is 3.80. The van der Waals surface area contributed by atoms with E-state index >= 15 is 0 Å². The van der Waals surface area contributed by atoms with Crippen LogP contribution in [0.3, 0.4) is 0 Å². The molecule has 0 spiro atoms. The third kappa shape index (κ3) is 6.28. The molecule has 0 unspecified atom stereocenters. The second-order valence-corrected chi connectivity index (χ2v) is 8.13. The van der Waals surface area contributed by atoms with Gasteiger partial charge in [0.1, 0.15) is 17.8 Å². The first-order valence-electron chi connectivity index (χ1n) is 11.9. The predicted molar refractivity (Wildman–Crippen MR) is 130 cm³/mol. The summed E-state index contributed by atoms with van der Waals surface area (Å²) >= 11 is 0. The number of aromatic nitrogens is 3. The molecule has 0 atom stereocenters. The van der Waals surface area contributed by atoms with Crippen molar-refractivity contribution in [2.24, 2.45) is 0 Å². The molecule has 32 heavy (non-hydrogen) atoms. The van der Waals surface area contributed by atoms with Crippen LogP contribution in [0.1, 0.15) is 70.4 Å². The Morgan fingerprint density at radius 3 is 2.22 bits per heavy atom. The lowest BCUT2D eigenvalue weighted by Crippen LogP contribution is -2.00. The van der Waals surface area contributed by atoms with Gasteiger partial charge in [0.15, 0.2) is 11.6 Å². The Hall–Kier alpha value is -2.95. The fraction of sp³-hybridized carbons (Fsp3) is 0.444. The summed E-state index contributed by atoms with van der Waals surface area (Å²) in [5, 5.41) is 10.6. The number of phenols is 1. The van der Waals surface area contributed by atoms with Crippen LogP contribution in [0, 0.1) is 0 Å². The average molecular weight is 434 g/mol. The van der Waals surface area contributed by atoms with Gasteiger partial charge in [0.2, 0.25) is 0 Å². The van der Waals surface area contributed by atoms with Gasteiger partial charge >= 0.3 is 0 Å². The molecule has 0 aliphatic carbocycles. The van der Waals surface area contributed by atoms with Crippen LogP contribution in [-0.4, -0.2) is 26.7 Å². The number of phenolic OH excluding ortho intramolecular Hbond substituents is 1. The maximum atomic E-state index is 10.6. The van der Waals surface area contributed by atoms with E-state index in [2.05, 4.69) is 53.9 Å². The van der Waals surface area contributed by atoms with Crippen LogP contribution in [0.15, 0.2) is 42.7 Å². The van der Waals surface area contributed by atoms with Crippen LogP contribution < -0.4 is 4.74 Å². The van der Waals surface area contributed by atoms with Gasteiger partial charge in [-0.25, -0.2) is 15.0 Å². The first-order valence-corrected chi connectivity index (χ1v) is 11.9. The summed E-state index contributed by atoms with van der Waals surface area (Å²) in [7, 11) is 0. The van der Waals surface area contributed by atoms with E-state index in [0.717, 1.165) is 24.8 Å². The summed E-state index contributed by atoms with van der Waals surface area (Å²) in [6.45, 7) is 7.17. The van der Waals surface area contributed by atoms with Gasteiger partial charge < -0.3 is 9.84 Å². The first-order chi connectivity index (χ1) is 15.7.